The smallest absolute Gasteiger partial charge is 0.0568 e. The normalized spacial score (nSPS) is 17.0. The van der Waals surface area contributed by atoms with Gasteiger partial charge in [0.1, 0.15) is 0 Å². The fourth-order valence-corrected chi connectivity index (χ4v) is 4.25. The predicted octanol–water partition coefficient (Wildman–Crippen LogP) is 6.07. The average Bonchev–Trinajstić information content (AvgIpc) is 2.72. The second-order valence-electron chi connectivity index (χ2n) is 7.53. The summed E-state index contributed by atoms with van der Waals surface area (Å²) >= 11 is 4.69. The number of thiol groups is 1. The van der Waals surface area contributed by atoms with Crippen molar-refractivity contribution in [3.63, 3.8) is 0 Å². The van der Waals surface area contributed by atoms with E-state index in [1.54, 1.807) is 0 Å². The lowest BCUT2D eigenvalue weighted by Crippen LogP contribution is -2.40. The Bertz CT molecular complexity index is 880. The van der Waals surface area contributed by atoms with Gasteiger partial charge in [-0.25, -0.2) is 0 Å². The quantitative estimate of drug-likeness (QED) is 0.436. The van der Waals surface area contributed by atoms with E-state index in [0.29, 0.717) is 0 Å². The van der Waals surface area contributed by atoms with Crippen molar-refractivity contribution < 1.29 is 0 Å². The van der Waals surface area contributed by atoms with Crippen LogP contribution < -0.4 is 0 Å². The van der Waals surface area contributed by atoms with Crippen LogP contribution in [0.4, 0.5) is 0 Å². The summed E-state index contributed by atoms with van der Waals surface area (Å²) in [5.41, 5.74) is 7.16. The van der Waals surface area contributed by atoms with Crippen LogP contribution in [0.25, 0.3) is 5.70 Å². The van der Waals surface area contributed by atoms with Gasteiger partial charge in [0.25, 0.3) is 0 Å². The summed E-state index contributed by atoms with van der Waals surface area (Å²) in [6.45, 7) is 9.60. The van der Waals surface area contributed by atoms with E-state index in [0.717, 1.165) is 54.0 Å². The zero-order chi connectivity index (χ0) is 20.1. The highest BCUT2D eigenvalue weighted by Crippen LogP contribution is 2.33. The third-order valence-corrected chi connectivity index (χ3v) is 6.13. The number of hydrogen-bond acceptors (Lipinski definition) is 3. The van der Waals surface area contributed by atoms with Gasteiger partial charge >= 0.3 is 0 Å². The summed E-state index contributed by atoms with van der Waals surface area (Å²) in [6, 6.07) is 17.5. The van der Waals surface area contributed by atoms with Gasteiger partial charge in [0, 0.05) is 24.0 Å². The Labute approximate surface area is 174 Å². The molecule has 0 amide bonds. The van der Waals surface area contributed by atoms with Crippen LogP contribution in [0.3, 0.4) is 0 Å². The van der Waals surface area contributed by atoms with Crippen molar-refractivity contribution >= 4 is 24.5 Å². The fourth-order valence-electron chi connectivity index (χ4n) is 3.94. The molecule has 1 heterocycles. The van der Waals surface area contributed by atoms with Crippen LogP contribution in [0.15, 0.2) is 65.6 Å². The molecule has 1 atom stereocenters. The van der Waals surface area contributed by atoms with Gasteiger partial charge in [-0.2, -0.15) is 0 Å². The maximum Gasteiger partial charge on any atom is 0.0568 e. The van der Waals surface area contributed by atoms with Crippen LogP contribution in [0.5, 0.6) is 0 Å². The van der Waals surface area contributed by atoms with Crippen molar-refractivity contribution in [3.8, 4) is 0 Å². The summed E-state index contributed by atoms with van der Waals surface area (Å²) in [4.78, 5) is 3.41. The number of benzene rings is 2. The molecule has 2 aromatic rings. The Morgan fingerprint density at radius 2 is 1.93 bits per heavy atom. The molecule has 0 aliphatic carbocycles. The summed E-state index contributed by atoms with van der Waals surface area (Å²) in [5.74, 6) is 0. The van der Waals surface area contributed by atoms with Crippen molar-refractivity contribution in [2.75, 3.05) is 6.54 Å². The molecule has 2 aromatic carbocycles. The Hall–Kier alpha value is -2.26. The molecule has 1 aliphatic heterocycles. The molecule has 0 saturated heterocycles. The van der Waals surface area contributed by atoms with E-state index in [1.165, 1.54) is 22.9 Å². The molecule has 28 heavy (non-hydrogen) atoms. The van der Waals surface area contributed by atoms with Gasteiger partial charge in [-0.15, -0.1) is 12.6 Å². The Kier molecular flexibility index (Phi) is 6.79. The van der Waals surface area contributed by atoms with E-state index in [4.69, 9.17) is 5.41 Å². The van der Waals surface area contributed by atoms with Crippen LogP contribution in [-0.4, -0.2) is 23.7 Å². The van der Waals surface area contributed by atoms with E-state index in [9.17, 15) is 0 Å². The lowest BCUT2D eigenvalue weighted by molar-refractivity contribution is 0.308. The highest BCUT2D eigenvalue weighted by molar-refractivity contribution is 7.84. The van der Waals surface area contributed by atoms with E-state index in [1.807, 2.05) is 0 Å². The molecule has 0 spiro atoms. The average molecular weight is 391 g/mol. The molecule has 1 aliphatic rings. The van der Waals surface area contributed by atoms with E-state index in [2.05, 4.69) is 86.5 Å². The largest absolute Gasteiger partial charge is 0.364 e. The van der Waals surface area contributed by atoms with Crippen LogP contribution in [0.1, 0.15) is 42.0 Å². The van der Waals surface area contributed by atoms with Gasteiger partial charge < -0.3 is 10.3 Å². The van der Waals surface area contributed by atoms with E-state index < -0.39 is 0 Å². The predicted molar refractivity (Wildman–Crippen MR) is 124 cm³/mol. The standard InChI is InChI=1S/C25H30N2S/c1-4-20-8-10-21(11-9-20)12-13-24-23(17-26)25(28)14-15-27(24)19(3)22-7-5-6-18(2)16-22/h5-11,16-17,24,26,28H,3-4,12-15H2,1-2H3. The maximum absolute atomic E-state index is 7.98. The van der Waals surface area contributed by atoms with Crippen LogP contribution in [0.2, 0.25) is 0 Å². The molecule has 0 bridgehead atoms. The summed E-state index contributed by atoms with van der Waals surface area (Å²) in [6.07, 6.45) is 5.34. The highest BCUT2D eigenvalue weighted by atomic mass is 32.1. The van der Waals surface area contributed by atoms with Gasteiger partial charge in [-0.05, 0) is 60.3 Å². The molecule has 0 saturated carbocycles. The minimum atomic E-state index is 0.137. The lowest BCUT2D eigenvalue weighted by atomic mass is 9.92. The number of hydrogen-bond donors (Lipinski definition) is 2. The van der Waals surface area contributed by atoms with E-state index in [-0.39, 0.29) is 6.04 Å². The Morgan fingerprint density at radius 3 is 2.57 bits per heavy atom. The van der Waals surface area contributed by atoms with Gasteiger partial charge in [-0.1, -0.05) is 61.5 Å². The first-order valence-corrected chi connectivity index (χ1v) is 10.5. The van der Waals surface area contributed by atoms with Gasteiger partial charge in [-0.3, -0.25) is 0 Å². The molecule has 0 radical (unpaired) electrons. The topological polar surface area (TPSA) is 27.1 Å². The first kappa shape index (κ1) is 20.5. The Morgan fingerprint density at radius 1 is 1.21 bits per heavy atom. The summed E-state index contributed by atoms with van der Waals surface area (Å²) in [5, 5.41) is 7.98. The van der Waals surface area contributed by atoms with Crippen LogP contribution in [-0.2, 0) is 12.8 Å². The molecule has 1 unspecified atom stereocenters. The highest BCUT2D eigenvalue weighted by Gasteiger charge is 2.28. The maximum atomic E-state index is 7.98. The number of nitrogens with one attached hydrogen (secondary N) is 1. The molecule has 0 aromatic heterocycles. The van der Waals surface area contributed by atoms with Gasteiger partial charge in [0.15, 0.2) is 0 Å². The molecular formula is C25H30N2S. The zero-order valence-corrected chi connectivity index (χ0v) is 17.8. The fraction of sp³-hybridized carbons (Fsp3) is 0.320. The first-order valence-electron chi connectivity index (χ1n) is 10.1. The molecule has 3 rings (SSSR count). The molecule has 146 valence electrons. The minimum absolute atomic E-state index is 0.137. The Balaban J connectivity index is 1.83. The summed E-state index contributed by atoms with van der Waals surface area (Å²) < 4.78 is 0. The second-order valence-corrected chi connectivity index (χ2v) is 8.07. The minimum Gasteiger partial charge on any atom is -0.364 e. The second kappa shape index (κ2) is 9.29. The van der Waals surface area contributed by atoms with Crippen molar-refractivity contribution in [1.82, 2.24) is 4.90 Å². The van der Waals surface area contributed by atoms with Crippen molar-refractivity contribution in [1.29, 1.82) is 5.41 Å². The monoisotopic (exact) mass is 390 g/mol. The molecule has 2 nitrogen and oxygen atoms in total. The van der Waals surface area contributed by atoms with Gasteiger partial charge in [0.2, 0.25) is 0 Å². The SMILES string of the molecule is C=C(c1cccc(C)c1)N1CCC(S)=C(C=N)C1CCc1ccc(CC)cc1. The molecule has 0 fully saturated rings. The lowest BCUT2D eigenvalue weighted by Gasteiger charge is -2.40. The number of nitrogens with zero attached hydrogens (tertiary/aromatic N) is 1. The zero-order valence-electron chi connectivity index (χ0n) is 16.9. The van der Waals surface area contributed by atoms with Crippen LogP contribution in [0, 0.1) is 12.3 Å². The van der Waals surface area contributed by atoms with E-state index >= 15 is 0 Å². The van der Waals surface area contributed by atoms with Crippen molar-refractivity contribution in [3.05, 3.63) is 87.8 Å². The number of rotatable bonds is 7. The summed E-state index contributed by atoms with van der Waals surface area (Å²) in [7, 11) is 0. The molecule has 1 N–H and O–H groups in total. The van der Waals surface area contributed by atoms with Gasteiger partial charge in [0.05, 0.1) is 6.04 Å². The first-order chi connectivity index (χ1) is 13.5. The molecular weight excluding hydrogens is 360 g/mol. The van der Waals surface area contributed by atoms with Crippen LogP contribution >= 0.6 is 12.6 Å². The third kappa shape index (κ3) is 4.59. The third-order valence-electron chi connectivity index (χ3n) is 5.65. The molecule has 3 heteroatoms. The van der Waals surface area contributed by atoms with Crippen molar-refractivity contribution in [2.45, 2.75) is 45.6 Å². The van der Waals surface area contributed by atoms with Crippen molar-refractivity contribution in [2.24, 2.45) is 0 Å². The number of aryl methyl sites for hydroxylation is 3.